The molecule has 16 heavy (non-hydrogen) atoms. The van der Waals surface area contributed by atoms with Crippen molar-refractivity contribution in [1.82, 2.24) is 0 Å². The number of benzene rings is 1. The Morgan fingerprint density at radius 2 is 1.88 bits per heavy atom. The molecule has 1 aromatic rings. The van der Waals surface area contributed by atoms with Gasteiger partial charge in [-0.05, 0) is 23.7 Å². The molecule has 0 saturated carbocycles. The van der Waals surface area contributed by atoms with Crippen molar-refractivity contribution in [2.24, 2.45) is 0 Å². The van der Waals surface area contributed by atoms with Gasteiger partial charge in [-0.25, -0.2) is 4.79 Å². The van der Waals surface area contributed by atoms with Gasteiger partial charge in [0.25, 0.3) is 0 Å². The molecule has 0 aromatic heterocycles. The van der Waals surface area contributed by atoms with Crippen LogP contribution in [0.4, 0.5) is 0 Å². The molecule has 1 aromatic carbocycles. The molecule has 0 radical (unpaired) electrons. The fourth-order valence-electron chi connectivity index (χ4n) is 1.88. The zero-order valence-electron chi connectivity index (χ0n) is 10.4. The molecule has 1 rings (SSSR count). The maximum atomic E-state index is 11.3. The van der Waals surface area contributed by atoms with Gasteiger partial charge in [0.05, 0.1) is 20.7 Å². The Balaban J connectivity index is 3.62. The zero-order valence-corrected chi connectivity index (χ0v) is 11.4. The van der Waals surface area contributed by atoms with E-state index < -0.39 is 14.0 Å². The third-order valence-electron chi connectivity index (χ3n) is 2.56. The van der Waals surface area contributed by atoms with E-state index in [1.807, 2.05) is 13.0 Å². The predicted molar refractivity (Wildman–Crippen MR) is 67.7 cm³/mol. The van der Waals surface area contributed by atoms with E-state index in [1.54, 1.807) is 13.2 Å². The summed E-state index contributed by atoms with van der Waals surface area (Å²) in [5.41, 5.74) is 1.21. The van der Waals surface area contributed by atoms with Crippen LogP contribution in [-0.2, 0) is 0 Å². The van der Waals surface area contributed by atoms with E-state index in [2.05, 4.69) is 19.6 Å². The first-order valence-corrected chi connectivity index (χ1v) is 8.70. The normalized spacial score (nSPS) is 11.3. The SMILES string of the molecule is COc1ccc(C)c(C(=O)O)c1[Si](C)(C)C. The lowest BCUT2D eigenvalue weighted by Crippen LogP contribution is -2.42. The molecular weight excluding hydrogens is 220 g/mol. The molecule has 0 aliphatic rings. The van der Waals surface area contributed by atoms with Gasteiger partial charge in [0.1, 0.15) is 5.75 Å². The van der Waals surface area contributed by atoms with Gasteiger partial charge in [-0.15, -0.1) is 0 Å². The van der Waals surface area contributed by atoms with Crippen molar-refractivity contribution in [2.45, 2.75) is 26.6 Å². The second kappa shape index (κ2) is 4.29. The van der Waals surface area contributed by atoms with E-state index >= 15 is 0 Å². The van der Waals surface area contributed by atoms with Crippen LogP contribution in [-0.4, -0.2) is 26.3 Å². The molecule has 0 fully saturated rings. The number of aromatic carboxylic acids is 1. The molecule has 0 saturated heterocycles. The number of carboxylic acid groups (broad SMARTS) is 1. The minimum atomic E-state index is -1.74. The average molecular weight is 238 g/mol. The molecule has 0 amide bonds. The van der Waals surface area contributed by atoms with E-state index in [-0.39, 0.29) is 0 Å². The number of carboxylic acids is 1. The highest BCUT2D eigenvalue weighted by molar-refractivity contribution is 6.90. The Labute approximate surface area is 97.1 Å². The summed E-state index contributed by atoms with van der Waals surface area (Å²) >= 11 is 0. The van der Waals surface area contributed by atoms with Crippen molar-refractivity contribution < 1.29 is 14.6 Å². The first kappa shape index (κ1) is 12.8. The minimum absolute atomic E-state index is 0.415. The summed E-state index contributed by atoms with van der Waals surface area (Å²) in [5, 5.41) is 10.2. The van der Waals surface area contributed by atoms with Crippen LogP contribution in [0.15, 0.2) is 12.1 Å². The summed E-state index contributed by atoms with van der Waals surface area (Å²) in [6.07, 6.45) is 0. The lowest BCUT2D eigenvalue weighted by Gasteiger charge is -2.23. The summed E-state index contributed by atoms with van der Waals surface area (Å²) in [6.45, 7) is 8.19. The highest BCUT2D eigenvalue weighted by Gasteiger charge is 2.28. The molecule has 0 unspecified atom stereocenters. The summed E-state index contributed by atoms with van der Waals surface area (Å²) < 4.78 is 5.29. The Hall–Kier alpha value is -1.29. The third-order valence-corrected chi connectivity index (χ3v) is 4.56. The van der Waals surface area contributed by atoms with Crippen LogP contribution in [0.5, 0.6) is 5.75 Å². The van der Waals surface area contributed by atoms with Crippen LogP contribution in [0.2, 0.25) is 19.6 Å². The molecule has 0 heterocycles. The number of methoxy groups -OCH3 is 1. The van der Waals surface area contributed by atoms with Gasteiger partial charge in [0, 0.05) is 0 Å². The summed E-state index contributed by atoms with van der Waals surface area (Å²) in [4.78, 5) is 11.3. The predicted octanol–water partition coefficient (Wildman–Crippen LogP) is 2.25. The molecule has 0 atom stereocenters. The Bertz CT molecular complexity index is 419. The van der Waals surface area contributed by atoms with Crippen LogP contribution in [0, 0.1) is 6.92 Å². The van der Waals surface area contributed by atoms with E-state index in [4.69, 9.17) is 4.74 Å². The van der Waals surface area contributed by atoms with Gasteiger partial charge < -0.3 is 9.84 Å². The fraction of sp³-hybridized carbons (Fsp3) is 0.417. The van der Waals surface area contributed by atoms with Gasteiger partial charge in [0.15, 0.2) is 0 Å². The van der Waals surface area contributed by atoms with Crippen molar-refractivity contribution in [3.05, 3.63) is 23.3 Å². The topological polar surface area (TPSA) is 46.5 Å². The standard InChI is InChI=1S/C12H18O3Si/c1-8-6-7-9(15-2)11(16(3,4)5)10(8)12(13)14/h6-7H,1-5H3,(H,13,14). The first-order valence-electron chi connectivity index (χ1n) is 5.20. The highest BCUT2D eigenvalue weighted by atomic mass is 28.3. The van der Waals surface area contributed by atoms with Crippen molar-refractivity contribution >= 4 is 19.2 Å². The molecule has 1 N–H and O–H groups in total. The van der Waals surface area contributed by atoms with Crippen molar-refractivity contribution in [1.29, 1.82) is 0 Å². The Morgan fingerprint density at radius 1 is 1.31 bits per heavy atom. The number of ether oxygens (including phenoxy) is 1. The van der Waals surface area contributed by atoms with Crippen LogP contribution < -0.4 is 9.92 Å². The molecule has 88 valence electrons. The second-order valence-electron chi connectivity index (χ2n) is 4.89. The minimum Gasteiger partial charge on any atom is -0.497 e. The van der Waals surface area contributed by atoms with Crippen molar-refractivity contribution in [2.75, 3.05) is 7.11 Å². The lowest BCUT2D eigenvalue weighted by atomic mass is 10.1. The summed E-state index contributed by atoms with van der Waals surface area (Å²) in [6, 6.07) is 3.65. The monoisotopic (exact) mass is 238 g/mol. The lowest BCUT2D eigenvalue weighted by molar-refractivity contribution is 0.0697. The third kappa shape index (κ3) is 2.27. The molecule has 0 bridgehead atoms. The van der Waals surface area contributed by atoms with Crippen LogP contribution >= 0.6 is 0 Å². The van der Waals surface area contributed by atoms with E-state index in [1.165, 1.54) is 0 Å². The van der Waals surface area contributed by atoms with Gasteiger partial charge in [-0.3, -0.25) is 0 Å². The Kier molecular flexibility index (Phi) is 3.43. The fourth-order valence-corrected chi connectivity index (χ4v) is 3.86. The van der Waals surface area contributed by atoms with Gasteiger partial charge in [0.2, 0.25) is 0 Å². The maximum absolute atomic E-state index is 11.3. The molecule has 0 aliphatic carbocycles. The molecule has 4 heteroatoms. The highest BCUT2D eigenvalue weighted by Crippen LogP contribution is 2.20. The van der Waals surface area contributed by atoms with Crippen LogP contribution in [0.1, 0.15) is 15.9 Å². The summed E-state index contributed by atoms with van der Waals surface area (Å²) in [5.74, 6) is -0.170. The Morgan fingerprint density at radius 3 is 2.25 bits per heavy atom. The number of hydrogen-bond donors (Lipinski definition) is 1. The van der Waals surface area contributed by atoms with Crippen molar-refractivity contribution in [3.8, 4) is 5.75 Å². The second-order valence-corrected chi connectivity index (χ2v) is 9.89. The van der Waals surface area contributed by atoms with E-state index in [9.17, 15) is 9.90 Å². The number of aryl methyl sites for hydroxylation is 1. The van der Waals surface area contributed by atoms with E-state index in [0.29, 0.717) is 11.3 Å². The molecule has 3 nitrogen and oxygen atoms in total. The van der Waals surface area contributed by atoms with Crippen LogP contribution in [0.3, 0.4) is 0 Å². The number of carbonyl (C=O) groups is 1. The maximum Gasteiger partial charge on any atom is 0.335 e. The summed E-state index contributed by atoms with van der Waals surface area (Å²) in [7, 11) is -0.160. The zero-order chi connectivity index (χ0) is 12.5. The first-order chi connectivity index (χ1) is 7.29. The van der Waals surface area contributed by atoms with Gasteiger partial charge >= 0.3 is 5.97 Å². The number of rotatable bonds is 3. The number of hydrogen-bond acceptors (Lipinski definition) is 2. The molecule has 0 spiro atoms. The quantitative estimate of drug-likeness (QED) is 0.822. The van der Waals surface area contributed by atoms with Gasteiger partial charge in [-0.2, -0.15) is 0 Å². The smallest absolute Gasteiger partial charge is 0.335 e. The van der Waals surface area contributed by atoms with Crippen molar-refractivity contribution in [3.63, 3.8) is 0 Å². The largest absolute Gasteiger partial charge is 0.497 e. The van der Waals surface area contributed by atoms with E-state index in [0.717, 1.165) is 10.8 Å². The molecule has 0 aliphatic heterocycles. The average Bonchev–Trinajstić information content (AvgIpc) is 2.15. The molecular formula is C12H18O3Si. The van der Waals surface area contributed by atoms with Gasteiger partial charge in [-0.1, -0.05) is 25.7 Å². The van der Waals surface area contributed by atoms with Crippen LogP contribution in [0.25, 0.3) is 0 Å².